The molecule has 1 atom stereocenters. The highest BCUT2D eigenvalue weighted by molar-refractivity contribution is 7.07. The molecule has 0 fully saturated rings. The summed E-state index contributed by atoms with van der Waals surface area (Å²) in [6.45, 7) is 2.42. The Morgan fingerprint density at radius 2 is 2.33 bits per heavy atom. The van der Waals surface area contributed by atoms with Gasteiger partial charge in [-0.1, -0.05) is 6.92 Å². The molecule has 1 rings (SSSR count). The van der Waals surface area contributed by atoms with Crippen LogP contribution < -0.4 is 5.32 Å². The summed E-state index contributed by atoms with van der Waals surface area (Å²) in [5.41, 5.74) is 2.56. The van der Waals surface area contributed by atoms with Crippen molar-refractivity contribution in [1.82, 2.24) is 15.2 Å². The van der Waals surface area contributed by atoms with Crippen LogP contribution >= 0.6 is 11.3 Å². The Bertz CT molecular complexity index is 394. The highest BCUT2D eigenvalue weighted by Crippen LogP contribution is 2.04. The summed E-state index contributed by atoms with van der Waals surface area (Å²) in [4.78, 5) is 27.9. The fraction of sp³-hybridized carbons (Fsp3) is 0.545. The van der Waals surface area contributed by atoms with Gasteiger partial charge in [-0.25, -0.2) is 9.78 Å². The summed E-state index contributed by atoms with van der Waals surface area (Å²) in [5.74, 6) is -1.30. The van der Waals surface area contributed by atoms with Crippen molar-refractivity contribution in [2.45, 2.75) is 19.9 Å². The van der Waals surface area contributed by atoms with Gasteiger partial charge in [0, 0.05) is 19.0 Å². The van der Waals surface area contributed by atoms with Gasteiger partial charge in [-0.15, -0.1) is 11.3 Å². The van der Waals surface area contributed by atoms with Crippen LogP contribution in [0.4, 0.5) is 4.79 Å². The molecule has 1 unspecified atom stereocenters. The fourth-order valence-electron chi connectivity index (χ4n) is 1.28. The molecule has 0 spiro atoms. The second kappa shape index (κ2) is 6.95. The highest BCUT2D eigenvalue weighted by Gasteiger charge is 2.13. The average Bonchev–Trinajstić information content (AvgIpc) is 2.81. The third-order valence-electron chi connectivity index (χ3n) is 2.50. The van der Waals surface area contributed by atoms with E-state index < -0.39 is 11.9 Å². The monoisotopic (exact) mass is 271 g/mol. The maximum atomic E-state index is 11.7. The van der Waals surface area contributed by atoms with E-state index >= 15 is 0 Å². The van der Waals surface area contributed by atoms with Gasteiger partial charge in [0.1, 0.15) is 0 Å². The number of carbonyl (C=O) groups is 2. The van der Waals surface area contributed by atoms with Gasteiger partial charge in [0.2, 0.25) is 0 Å². The lowest BCUT2D eigenvalue weighted by molar-refractivity contribution is -0.141. The lowest BCUT2D eigenvalue weighted by Crippen LogP contribution is -2.38. The van der Waals surface area contributed by atoms with Gasteiger partial charge in [-0.2, -0.15) is 0 Å². The SMILES string of the molecule is CC(CCNC(=O)N(C)Cc1cscn1)C(=O)O. The van der Waals surface area contributed by atoms with E-state index in [1.54, 1.807) is 19.5 Å². The van der Waals surface area contributed by atoms with E-state index in [0.29, 0.717) is 19.5 Å². The molecule has 7 heteroatoms. The van der Waals surface area contributed by atoms with E-state index in [9.17, 15) is 9.59 Å². The number of hydrogen-bond acceptors (Lipinski definition) is 4. The van der Waals surface area contributed by atoms with Crippen molar-refractivity contribution in [3.63, 3.8) is 0 Å². The van der Waals surface area contributed by atoms with Gasteiger partial charge in [0.15, 0.2) is 0 Å². The van der Waals surface area contributed by atoms with Crippen molar-refractivity contribution in [2.75, 3.05) is 13.6 Å². The zero-order valence-corrected chi connectivity index (χ0v) is 11.2. The van der Waals surface area contributed by atoms with Crippen molar-refractivity contribution >= 4 is 23.3 Å². The van der Waals surface area contributed by atoms with Crippen LogP contribution in [0.15, 0.2) is 10.9 Å². The zero-order valence-electron chi connectivity index (χ0n) is 10.4. The summed E-state index contributed by atoms with van der Waals surface area (Å²) >= 11 is 1.48. The van der Waals surface area contributed by atoms with Gasteiger partial charge in [0.25, 0.3) is 0 Å². The third-order valence-corrected chi connectivity index (χ3v) is 3.14. The largest absolute Gasteiger partial charge is 0.481 e. The van der Waals surface area contributed by atoms with Crippen molar-refractivity contribution in [3.8, 4) is 0 Å². The van der Waals surface area contributed by atoms with Crippen LogP contribution in [-0.2, 0) is 11.3 Å². The number of carboxylic acids is 1. The number of aliphatic carboxylic acids is 1. The molecule has 2 N–H and O–H groups in total. The number of nitrogens with one attached hydrogen (secondary N) is 1. The number of nitrogens with zero attached hydrogens (tertiary/aromatic N) is 2. The van der Waals surface area contributed by atoms with E-state index in [1.165, 1.54) is 16.2 Å². The molecule has 0 aromatic carbocycles. The second-order valence-corrected chi connectivity index (χ2v) is 4.81. The quantitative estimate of drug-likeness (QED) is 0.819. The summed E-state index contributed by atoms with van der Waals surface area (Å²) in [6.07, 6.45) is 0.422. The summed E-state index contributed by atoms with van der Waals surface area (Å²) in [7, 11) is 1.68. The topological polar surface area (TPSA) is 82.5 Å². The Labute approximate surface area is 110 Å². The van der Waals surface area contributed by atoms with Crippen LogP contribution in [0.3, 0.4) is 0 Å². The lowest BCUT2D eigenvalue weighted by Gasteiger charge is -2.17. The number of urea groups is 1. The van der Waals surface area contributed by atoms with Crippen LogP contribution in [0.2, 0.25) is 0 Å². The van der Waals surface area contributed by atoms with E-state index in [4.69, 9.17) is 5.11 Å². The number of rotatable bonds is 6. The second-order valence-electron chi connectivity index (χ2n) is 4.10. The molecule has 2 amide bonds. The molecule has 0 bridgehead atoms. The number of amides is 2. The molecular formula is C11H17N3O3S. The molecule has 1 heterocycles. The van der Waals surface area contributed by atoms with Crippen molar-refractivity contribution in [1.29, 1.82) is 0 Å². The Balaban J connectivity index is 2.26. The number of carbonyl (C=O) groups excluding carboxylic acids is 1. The van der Waals surface area contributed by atoms with Gasteiger partial charge < -0.3 is 15.3 Å². The molecule has 0 aliphatic carbocycles. The first kappa shape index (κ1) is 14.4. The number of thiazole rings is 1. The molecule has 6 nitrogen and oxygen atoms in total. The van der Waals surface area contributed by atoms with E-state index in [0.717, 1.165) is 5.69 Å². The molecule has 1 aromatic rings. The van der Waals surface area contributed by atoms with Gasteiger partial charge in [-0.05, 0) is 6.42 Å². The number of hydrogen-bond donors (Lipinski definition) is 2. The van der Waals surface area contributed by atoms with Gasteiger partial charge >= 0.3 is 12.0 Å². The summed E-state index contributed by atoms with van der Waals surface area (Å²) in [6, 6.07) is -0.222. The van der Waals surface area contributed by atoms with Crippen molar-refractivity contribution in [2.24, 2.45) is 5.92 Å². The molecule has 18 heavy (non-hydrogen) atoms. The number of aromatic nitrogens is 1. The summed E-state index contributed by atoms with van der Waals surface area (Å²) < 4.78 is 0. The van der Waals surface area contributed by atoms with Crippen LogP contribution in [0.5, 0.6) is 0 Å². The molecule has 0 radical (unpaired) electrons. The number of carboxylic acid groups (broad SMARTS) is 1. The van der Waals surface area contributed by atoms with Crippen LogP contribution in [0.25, 0.3) is 0 Å². The first-order valence-corrected chi connectivity index (χ1v) is 6.53. The third kappa shape index (κ3) is 4.70. The van der Waals surface area contributed by atoms with Gasteiger partial charge in [-0.3, -0.25) is 4.79 Å². The molecule has 0 saturated heterocycles. The first-order chi connectivity index (χ1) is 8.50. The molecule has 0 aliphatic heterocycles. The Morgan fingerprint density at radius 3 is 2.89 bits per heavy atom. The molecular weight excluding hydrogens is 254 g/mol. The highest BCUT2D eigenvalue weighted by atomic mass is 32.1. The predicted molar refractivity (Wildman–Crippen MR) is 68.4 cm³/mol. The molecule has 0 aliphatic rings. The van der Waals surface area contributed by atoms with Gasteiger partial charge in [0.05, 0.1) is 23.7 Å². The normalized spacial score (nSPS) is 11.9. The minimum Gasteiger partial charge on any atom is -0.481 e. The first-order valence-electron chi connectivity index (χ1n) is 5.59. The minimum absolute atomic E-state index is 0.222. The Kier molecular flexibility index (Phi) is 5.57. The maximum absolute atomic E-state index is 11.7. The predicted octanol–water partition coefficient (Wildman–Crippen LogP) is 1.40. The molecule has 1 aromatic heterocycles. The van der Waals surface area contributed by atoms with E-state index in [2.05, 4.69) is 10.3 Å². The minimum atomic E-state index is -0.847. The molecule has 0 saturated carbocycles. The van der Waals surface area contributed by atoms with Crippen LogP contribution in [-0.4, -0.2) is 40.6 Å². The maximum Gasteiger partial charge on any atom is 0.317 e. The fourth-order valence-corrected chi connectivity index (χ4v) is 1.83. The van der Waals surface area contributed by atoms with E-state index in [1.807, 2.05) is 5.38 Å². The van der Waals surface area contributed by atoms with Crippen LogP contribution in [0, 0.1) is 5.92 Å². The molecule has 100 valence electrons. The van der Waals surface area contributed by atoms with Crippen LogP contribution in [0.1, 0.15) is 19.0 Å². The lowest BCUT2D eigenvalue weighted by atomic mass is 10.1. The Hall–Kier alpha value is -1.63. The standard InChI is InChI=1S/C11H17N3O3S/c1-8(10(15)16)3-4-12-11(17)14(2)5-9-6-18-7-13-9/h6-8H,3-5H2,1-2H3,(H,12,17)(H,15,16). The zero-order chi connectivity index (χ0) is 13.5. The average molecular weight is 271 g/mol. The summed E-state index contributed by atoms with van der Waals surface area (Å²) in [5, 5.41) is 13.3. The van der Waals surface area contributed by atoms with Crippen molar-refractivity contribution in [3.05, 3.63) is 16.6 Å². The van der Waals surface area contributed by atoms with Crippen molar-refractivity contribution < 1.29 is 14.7 Å². The smallest absolute Gasteiger partial charge is 0.317 e. The Morgan fingerprint density at radius 1 is 1.61 bits per heavy atom. The van der Waals surface area contributed by atoms with E-state index in [-0.39, 0.29) is 6.03 Å².